The van der Waals surface area contributed by atoms with Crippen LogP contribution in [0.25, 0.3) is 22.3 Å². The first-order valence-corrected chi connectivity index (χ1v) is 11.6. The number of carbonyl (C=O) groups excluding carboxylic acids is 2. The Bertz CT molecular complexity index is 1490. The van der Waals surface area contributed by atoms with E-state index in [1.165, 1.54) is 30.5 Å². The van der Waals surface area contributed by atoms with E-state index in [-0.39, 0.29) is 53.2 Å². The summed E-state index contributed by atoms with van der Waals surface area (Å²) in [5, 5.41) is 11.4. The number of amides is 1. The van der Waals surface area contributed by atoms with Crippen LogP contribution in [0.4, 0.5) is 18.9 Å². The van der Waals surface area contributed by atoms with Crippen LogP contribution < -0.4 is 5.32 Å². The molecule has 0 aliphatic heterocycles. The summed E-state index contributed by atoms with van der Waals surface area (Å²) >= 11 is 0. The van der Waals surface area contributed by atoms with Gasteiger partial charge in [-0.1, -0.05) is 30.3 Å². The molecule has 4 aromatic rings. The number of anilines is 1. The standard InChI is InChI=1S/C29H21F3N2O4/c30-20-9-4-17(5-10-20)18-6-11-21(12-7-18)34-29(38)23-15-25(32)24(31)14-22(23)19-8-13-26(33-16-19)27(35)2-1-3-28(36)37/h4-16H,1-3H2,(H,34,38)(H,36,37). The van der Waals surface area contributed by atoms with Gasteiger partial charge in [-0.05, 0) is 65.6 Å². The second-order valence-corrected chi connectivity index (χ2v) is 8.45. The van der Waals surface area contributed by atoms with Crippen LogP contribution in [-0.2, 0) is 4.79 Å². The number of hydrogen-bond donors (Lipinski definition) is 2. The van der Waals surface area contributed by atoms with Gasteiger partial charge >= 0.3 is 5.97 Å². The van der Waals surface area contributed by atoms with Gasteiger partial charge in [0.1, 0.15) is 11.5 Å². The molecule has 0 aliphatic rings. The molecule has 0 saturated heterocycles. The SMILES string of the molecule is O=C(O)CCCC(=O)c1ccc(-c2cc(F)c(F)cc2C(=O)Nc2ccc(-c3ccc(F)cc3)cc2)cn1. The van der Waals surface area contributed by atoms with Crippen molar-refractivity contribution in [2.24, 2.45) is 0 Å². The number of pyridine rings is 1. The zero-order chi connectivity index (χ0) is 27.2. The Labute approximate surface area is 215 Å². The van der Waals surface area contributed by atoms with Crippen LogP contribution in [0.15, 0.2) is 79.0 Å². The molecule has 0 atom stereocenters. The van der Waals surface area contributed by atoms with Gasteiger partial charge in [0.05, 0.1) is 5.56 Å². The molecular formula is C29H21F3N2O4. The molecule has 1 heterocycles. The van der Waals surface area contributed by atoms with Crippen LogP contribution in [0, 0.1) is 17.5 Å². The minimum atomic E-state index is -1.20. The Morgan fingerprint density at radius 1 is 0.763 bits per heavy atom. The number of hydrogen-bond acceptors (Lipinski definition) is 4. The number of carboxylic acid groups (broad SMARTS) is 1. The van der Waals surface area contributed by atoms with Crippen molar-refractivity contribution in [2.45, 2.75) is 19.3 Å². The average molecular weight is 518 g/mol. The minimum Gasteiger partial charge on any atom is -0.481 e. The lowest BCUT2D eigenvalue weighted by Crippen LogP contribution is -2.14. The number of benzene rings is 3. The molecule has 0 radical (unpaired) electrons. The van der Waals surface area contributed by atoms with Gasteiger partial charge in [0, 0.05) is 30.3 Å². The third kappa shape index (κ3) is 6.31. The zero-order valence-electron chi connectivity index (χ0n) is 19.9. The van der Waals surface area contributed by atoms with Crippen molar-refractivity contribution in [1.82, 2.24) is 4.98 Å². The lowest BCUT2D eigenvalue weighted by molar-refractivity contribution is -0.137. The third-order valence-corrected chi connectivity index (χ3v) is 5.78. The fourth-order valence-corrected chi connectivity index (χ4v) is 3.81. The fraction of sp³-hybridized carbons (Fsp3) is 0.103. The quantitative estimate of drug-likeness (QED) is 0.246. The molecule has 3 aromatic carbocycles. The first kappa shape index (κ1) is 26.3. The molecule has 192 valence electrons. The van der Waals surface area contributed by atoms with E-state index < -0.39 is 23.5 Å². The lowest BCUT2D eigenvalue weighted by Gasteiger charge is -2.12. The Kier molecular flexibility index (Phi) is 7.96. The van der Waals surface area contributed by atoms with Crippen LogP contribution in [0.1, 0.15) is 40.1 Å². The molecule has 0 fully saturated rings. The highest BCUT2D eigenvalue weighted by Gasteiger charge is 2.19. The van der Waals surface area contributed by atoms with Gasteiger partial charge in [-0.15, -0.1) is 0 Å². The molecule has 1 aromatic heterocycles. The third-order valence-electron chi connectivity index (χ3n) is 5.78. The molecule has 0 spiro atoms. The Morgan fingerprint density at radius 2 is 1.37 bits per heavy atom. The van der Waals surface area contributed by atoms with Crippen molar-refractivity contribution >= 4 is 23.3 Å². The van der Waals surface area contributed by atoms with Crippen LogP contribution in [0.5, 0.6) is 0 Å². The monoisotopic (exact) mass is 518 g/mol. The Balaban J connectivity index is 1.54. The van der Waals surface area contributed by atoms with Crippen molar-refractivity contribution in [2.75, 3.05) is 5.32 Å². The number of carbonyl (C=O) groups is 3. The highest BCUT2D eigenvalue weighted by atomic mass is 19.2. The van der Waals surface area contributed by atoms with Crippen LogP contribution in [-0.4, -0.2) is 27.8 Å². The van der Waals surface area contributed by atoms with Crippen molar-refractivity contribution in [3.63, 3.8) is 0 Å². The zero-order valence-corrected chi connectivity index (χ0v) is 19.9. The predicted octanol–water partition coefficient (Wildman–Crippen LogP) is 6.52. The summed E-state index contributed by atoms with van der Waals surface area (Å²) in [6.07, 6.45) is 1.28. The normalized spacial score (nSPS) is 10.7. The number of Topliss-reactive ketones (excluding diaryl/α,β-unsaturated/α-hetero) is 1. The molecule has 0 aliphatic carbocycles. The van der Waals surface area contributed by atoms with E-state index in [2.05, 4.69) is 10.3 Å². The maximum Gasteiger partial charge on any atom is 0.303 e. The molecule has 0 bridgehead atoms. The summed E-state index contributed by atoms with van der Waals surface area (Å²) in [7, 11) is 0. The van der Waals surface area contributed by atoms with Crippen molar-refractivity contribution in [3.05, 3.63) is 108 Å². The molecule has 2 N–H and O–H groups in total. The Hall–Kier alpha value is -4.79. The van der Waals surface area contributed by atoms with E-state index >= 15 is 0 Å². The second kappa shape index (κ2) is 11.5. The first-order valence-electron chi connectivity index (χ1n) is 11.6. The number of carboxylic acids is 1. The smallest absolute Gasteiger partial charge is 0.303 e. The maximum absolute atomic E-state index is 14.1. The summed E-state index contributed by atoms with van der Waals surface area (Å²) in [6.45, 7) is 0. The average Bonchev–Trinajstić information content (AvgIpc) is 2.90. The first-order chi connectivity index (χ1) is 18.2. The van der Waals surface area contributed by atoms with Crippen LogP contribution in [0.3, 0.4) is 0 Å². The number of ketones is 1. The summed E-state index contributed by atoms with van der Waals surface area (Å²) in [6, 6.07) is 17.2. The number of halogens is 3. The van der Waals surface area contributed by atoms with Crippen LogP contribution >= 0.6 is 0 Å². The second-order valence-electron chi connectivity index (χ2n) is 8.45. The number of aromatic nitrogens is 1. The van der Waals surface area contributed by atoms with Crippen molar-refractivity contribution < 1.29 is 32.7 Å². The predicted molar refractivity (Wildman–Crippen MR) is 135 cm³/mol. The molecule has 1 amide bonds. The van der Waals surface area contributed by atoms with Crippen molar-refractivity contribution in [3.8, 4) is 22.3 Å². The molecule has 6 nitrogen and oxygen atoms in total. The van der Waals surface area contributed by atoms with Crippen molar-refractivity contribution in [1.29, 1.82) is 0 Å². The van der Waals surface area contributed by atoms with Gasteiger partial charge in [-0.3, -0.25) is 19.4 Å². The molecule has 9 heteroatoms. The summed E-state index contributed by atoms with van der Waals surface area (Å²) in [5.41, 5.74) is 2.27. The summed E-state index contributed by atoms with van der Waals surface area (Å²) in [4.78, 5) is 40.0. The van der Waals surface area contributed by atoms with E-state index in [1.807, 2.05) is 0 Å². The number of nitrogens with one attached hydrogen (secondary N) is 1. The molecule has 0 saturated carbocycles. The van der Waals surface area contributed by atoms with Gasteiger partial charge in [0.25, 0.3) is 5.91 Å². The lowest BCUT2D eigenvalue weighted by atomic mass is 9.99. The molecule has 4 rings (SSSR count). The molecular weight excluding hydrogens is 497 g/mol. The number of aliphatic carboxylic acids is 1. The van der Waals surface area contributed by atoms with Crippen LogP contribution in [0.2, 0.25) is 0 Å². The number of rotatable bonds is 9. The highest BCUT2D eigenvalue weighted by Crippen LogP contribution is 2.28. The van der Waals surface area contributed by atoms with E-state index in [9.17, 15) is 27.6 Å². The van der Waals surface area contributed by atoms with E-state index in [0.29, 0.717) is 5.69 Å². The largest absolute Gasteiger partial charge is 0.481 e. The van der Waals surface area contributed by atoms with Gasteiger partial charge < -0.3 is 10.4 Å². The molecule has 0 unspecified atom stereocenters. The maximum atomic E-state index is 14.1. The van der Waals surface area contributed by atoms with Gasteiger partial charge in [0.15, 0.2) is 17.4 Å². The van der Waals surface area contributed by atoms with E-state index in [0.717, 1.165) is 23.3 Å². The van der Waals surface area contributed by atoms with Gasteiger partial charge in [-0.25, -0.2) is 13.2 Å². The summed E-state index contributed by atoms with van der Waals surface area (Å²) in [5.74, 6) is -4.77. The van der Waals surface area contributed by atoms with Gasteiger partial charge in [-0.2, -0.15) is 0 Å². The fourth-order valence-electron chi connectivity index (χ4n) is 3.81. The summed E-state index contributed by atoms with van der Waals surface area (Å²) < 4.78 is 41.4. The van der Waals surface area contributed by atoms with Gasteiger partial charge in [0.2, 0.25) is 0 Å². The van der Waals surface area contributed by atoms with E-state index in [1.54, 1.807) is 36.4 Å². The number of nitrogens with zero attached hydrogens (tertiary/aromatic N) is 1. The topological polar surface area (TPSA) is 96.4 Å². The minimum absolute atomic E-state index is 0.00255. The highest BCUT2D eigenvalue weighted by molar-refractivity contribution is 6.09. The molecule has 38 heavy (non-hydrogen) atoms. The Morgan fingerprint density at radius 3 is 1.97 bits per heavy atom. The van der Waals surface area contributed by atoms with E-state index in [4.69, 9.17) is 5.11 Å².